The van der Waals surface area contributed by atoms with Crippen molar-refractivity contribution in [1.82, 2.24) is 0 Å². The van der Waals surface area contributed by atoms with E-state index < -0.39 is 18.3 Å². The summed E-state index contributed by atoms with van der Waals surface area (Å²) in [6.07, 6.45) is -2.21. The molecule has 1 aromatic rings. The highest BCUT2D eigenvalue weighted by molar-refractivity contribution is 5.33. The summed E-state index contributed by atoms with van der Waals surface area (Å²) >= 11 is 0. The molecule has 1 aromatic carbocycles. The third-order valence-electron chi connectivity index (χ3n) is 2.52. The van der Waals surface area contributed by atoms with E-state index in [4.69, 9.17) is 10.00 Å². The zero-order chi connectivity index (χ0) is 10.8. The molecule has 4 heteroatoms. The first-order valence-electron chi connectivity index (χ1n) is 4.70. The number of ether oxygens (including phenoxy) is 1. The number of nitriles is 1. The first kappa shape index (κ1) is 10.1. The molecular weight excluding hydrogens is 194 g/mol. The van der Waals surface area contributed by atoms with Gasteiger partial charge in [-0.25, -0.2) is 0 Å². The molecule has 0 amide bonds. The molecule has 2 N–H and O–H groups in total. The Morgan fingerprint density at radius 3 is 2.40 bits per heavy atom. The third-order valence-corrected chi connectivity index (χ3v) is 2.52. The minimum atomic E-state index is -0.891. The Morgan fingerprint density at radius 1 is 1.27 bits per heavy atom. The number of aliphatic hydroxyl groups excluding tert-OH is 2. The second kappa shape index (κ2) is 3.99. The summed E-state index contributed by atoms with van der Waals surface area (Å²) in [5, 5.41) is 27.5. The molecule has 0 aromatic heterocycles. The number of nitrogens with zero attached hydrogens (tertiary/aromatic N) is 1. The zero-order valence-electron chi connectivity index (χ0n) is 8.00. The highest BCUT2D eigenvalue weighted by atomic mass is 16.5. The smallest absolute Gasteiger partial charge is 0.112 e. The number of benzene rings is 1. The molecule has 1 fully saturated rings. The minimum absolute atomic E-state index is 0.145. The summed E-state index contributed by atoms with van der Waals surface area (Å²) in [6.45, 7) is 0.145. The number of rotatable bonds is 1. The Hall–Kier alpha value is -1.41. The summed E-state index contributed by atoms with van der Waals surface area (Å²) in [5.74, 6) is 0. The van der Waals surface area contributed by atoms with Crippen LogP contribution in [0.15, 0.2) is 24.3 Å². The predicted octanol–water partition coefficient (Wildman–Crippen LogP) is 0.351. The van der Waals surface area contributed by atoms with Gasteiger partial charge in [-0.2, -0.15) is 5.26 Å². The van der Waals surface area contributed by atoms with Gasteiger partial charge in [0.05, 0.1) is 18.2 Å². The van der Waals surface area contributed by atoms with Crippen LogP contribution in [-0.4, -0.2) is 29.0 Å². The van der Waals surface area contributed by atoms with Crippen molar-refractivity contribution in [2.24, 2.45) is 0 Å². The van der Waals surface area contributed by atoms with E-state index >= 15 is 0 Å². The Kier molecular flexibility index (Phi) is 2.69. The Morgan fingerprint density at radius 2 is 1.93 bits per heavy atom. The van der Waals surface area contributed by atoms with Gasteiger partial charge in [-0.1, -0.05) is 12.1 Å². The third kappa shape index (κ3) is 1.85. The second-order valence-corrected chi connectivity index (χ2v) is 3.55. The molecular formula is C11H11NO3. The van der Waals surface area contributed by atoms with Crippen LogP contribution in [0.2, 0.25) is 0 Å². The molecule has 3 atom stereocenters. The monoisotopic (exact) mass is 205 g/mol. The summed E-state index contributed by atoms with van der Waals surface area (Å²) in [7, 11) is 0. The average Bonchev–Trinajstić information content (AvgIpc) is 2.60. The molecule has 1 heterocycles. The van der Waals surface area contributed by atoms with Crippen LogP contribution in [0.1, 0.15) is 17.2 Å². The van der Waals surface area contributed by atoms with Gasteiger partial charge in [-0.3, -0.25) is 0 Å². The Balaban J connectivity index is 2.20. The first-order valence-corrected chi connectivity index (χ1v) is 4.70. The van der Waals surface area contributed by atoms with Crippen LogP contribution >= 0.6 is 0 Å². The van der Waals surface area contributed by atoms with Crippen molar-refractivity contribution >= 4 is 0 Å². The molecule has 1 aliphatic heterocycles. The van der Waals surface area contributed by atoms with Crippen molar-refractivity contribution in [2.75, 3.05) is 6.61 Å². The van der Waals surface area contributed by atoms with E-state index in [1.54, 1.807) is 24.3 Å². The lowest BCUT2D eigenvalue weighted by Gasteiger charge is -2.14. The van der Waals surface area contributed by atoms with Gasteiger partial charge in [0.1, 0.15) is 18.3 Å². The van der Waals surface area contributed by atoms with Gasteiger partial charge in [0.15, 0.2) is 0 Å². The maximum atomic E-state index is 9.60. The van der Waals surface area contributed by atoms with Crippen LogP contribution in [0.3, 0.4) is 0 Å². The van der Waals surface area contributed by atoms with E-state index in [0.717, 1.165) is 5.56 Å². The second-order valence-electron chi connectivity index (χ2n) is 3.55. The lowest BCUT2D eigenvalue weighted by molar-refractivity contribution is 0.0225. The maximum Gasteiger partial charge on any atom is 0.112 e. The molecule has 0 spiro atoms. The fraction of sp³-hybridized carbons (Fsp3) is 0.364. The summed E-state index contributed by atoms with van der Waals surface area (Å²) in [5.41, 5.74) is 1.34. The molecule has 1 saturated heterocycles. The summed E-state index contributed by atoms with van der Waals surface area (Å²) in [4.78, 5) is 0. The van der Waals surface area contributed by atoms with Gasteiger partial charge in [0.2, 0.25) is 0 Å². The molecule has 4 nitrogen and oxygen atoms in total. The van der Waals surface area contributed by atoms with Gasteiger partial charge in [-0.15, -0.1) is 0 Å². The number of hydrogen-bond donors (Lipinski definition) is 2. The highest BCUT2D eigenvalue weighted by Crippen LogP contribution is 2.29. The van der Waals surface area contributed by atoms with Gasteiger partial charge < -0.3 is 14.9 Å². The lowest BCUT2D eigenvalue weighted by atomic mass is 10.0. The molecule has 0 saturated carbocycles. The van der Waals surface area contributed by atoms with Crippen LogP contribution in [0.4, 0.5) is 0 Å². The highest BCUT2D eigenvalue weighted by Gasteiger charge is 2.35. The van der Waals surface area contributed by atoms with Crippen molar-refractivity contribution < 1.29 is 14.9 Å². The lowest BCUT2D eigenvalue weighted by Crippen LogP contribution is -2.25. The van der Waals surface area contributed by atoms with Crippen molar-refractivity contribution in [3.05, 3.63) is 35.4 Å². The van der Waals surface area contributed by atoms with Gasteiger partial charge >= 0.3 is 0 Å². The number of hydrogen-bond acceptors (Lipinski definition) is 4. The number of aliphatic hydroxyl groups is 2. The molecule has 3 unspecified atom stereocenters. The fourth-order valence-corrected chi connectivity index (χ4v) is 1.64. The molecule has 78 valence electrons. The Labute approximate surface area is 87.3 Å². The minimum Gasteiger partial charge on any atom is -0.388 e. The molecule has 0 radical (unpaired) electrons. The predicted molar refractivity (Wildman–Crippen MR) is 51.9 cm³/mol. The van der Waals surface area contributed by atoms with E-state index in [-0.39, 0.29) is 6.61 Å². The molecule has 0 aliphatic carbocycles. The summed E-state index contributed by atoms with van der Waals surface area (Å²) < 4.78 is 5.25. The Bertz CT molecular complexity index is 382. The van der Waals surface area contributed by atoms with Crippen molar-refractivity contribution in [3.63, 3.8) is 0 Å². The topological polar surface area (TPSA) is 73.5 Å². The average molecular weight is 205 g/mol. The maximum absolute atomic E-state index is 9.60. The zero-order valence-corrected chi connectivity index (χ0v) is 8.00. The summed E-state index contributed by atoms with van der Waals surface area (Å²) in [6, 6.07) is 8.79. The van der Waals surface area contributed by atoms with E-state index in [1.165, 1.54) is 0 Å². The van der Waals surface area contributed by atoms with Gasteiger partial charge in [-0.05, 0) is 17.7 Å². The van der Waals surface area contributed by atoms with E-state index in [9.17, 15) is 10.2 Å². The first-order chi connectivity index (χ1) is 7.22. The molecule has 2 rings (SSSR count). The van der Waals surface area contributed by atoms with Gasteiger partial charge in [0.25, 0.3) is 0 Å². The van der Waals surface area contributed by atoms with Crippen LogP contribution in [-0.2, 0) is 4.74 Å². The van der Waals surface area contributed by atoms with E-state index in [1.807, 2.05) is 6.07 Å². The van der Waals surface area contributed by atoms with Crippen molar-refractivity contribution in [2.45, 2.75) is 18.3 Å². The van der Waals surface area contributed by atoms with Crippen LogP contribution in [0.5, 0.6) is 0 Å². The largest absolute Gasteiger partial charge is 0.388 e. The standard InChI is InChI=1S/C11H11NO3/c12-5-7-1-3-8(4-2-7)11-10(14)9(13)6-15-11/h1-4,9-11,13-14H,6H2. The van der Waals surface area contributed by atoms with Crippen LogP contribution in [0.25, 0.3) is 0 Å². The van der Waals surface area contributed by atoms with Crippen molar-refractivity contribution in [3.8, 4) is 6.07 Å². The molecule has 0 bridgehead atoms. The molecule has 1 aliphatic rings. The van der Waals surface area contributed by atoms with Crippen LogP contribution in [0, 0.1) is 11.3 Å². The molecule has 15 heavy (non-hydrogen) atoms. The van der Waals surface area contributed by atoms with E-state index in [2.05, 4.69) is 0 Å². The van der Waals surface area contributed by atoms with Gasteiger partial charge in [0, 0.05) is 0 Å². The fourth-order valence-electron chi connectivity index (χ4n) is 1.64. The van der Waals surface area contributed by atoms with Crippen LogP contribution < -0.4 is 0 Å². The normalized spacial score (nSPS) is 30.1. The van der Waals surface area contributed by atoms with Crippen molar-refractivity contribution in [1.29, 1.82) is 5.26 Å². The van der Waals surface area contributed by atoms with E-state index in [0.29, 0.717) is 5.56 Å². The SMILES string of the molecule is N#Cc1ccc(C2OCC(O)C2O)cc1. The quantitative estimate of drug-likeness (QED) is 0.693.